The molecule has 1 aromatic heterocycles. The van der Waals surface area contributed by atoms with Crippen molar-refractivity contribution in [2.45, 2.75) is 44.6 Å². The molecule has 2 heterocycles. The summed E-state index contributed by atoms with van der Waals surface area (Å²) in [6.45, 7) is 2.21. The molecule has 1 unspecified atom stereocenters. The normalized spacial score (nSPS) is 19.9. The van der Waals surface area contributed by atoms with Crippen molar-refractivity contribution in [1.82, 2.24) is 15.1 Å². The Balaban J connectivity index is 1.51. The summed E-state index contributed by atoms with van der Waals surface area (Å²) in [7, 11) is 1.68. The highest BCUT2D eigenvalue weighted by atomic mass is 16.5. The molecule has 1 saturated heterocycles. The average molecular weight is 367 g/mol. The van der Waals surface area contributed by atoms with E-state index < -0.39 is 0 Å². The Kier molecular flexibility index (Phi) is 5.58. The number of rotatable bonds is 5. The highest BCUT2D eigenvalue weighted by Crippen LogP contribution is 2.36. The zero-order valence-electron chi connectivity index (χ0n) is 16.1. The molecule has 144 valence electrons. The van der Waals surface area contributed by atoms with Crippen LogP contribution in [-0.4, -0.2) is 29.0 Å². The van der Waals surface area contributed by atoms with Crippen molar-refractivity contribution in [3.05, 3.63) is 46.8 Å². The summed E-state index contributed by atoms with van der Waals surface area (Å²) in [5.41, 5.74) is 1.70. The van der Waals surface area contributed by atoms with E-state index in [-0.39, 0.29) is 5.56 Å². The summed E-state index contributed by atoms with van der Waals surface area (Å²) in [5, 5.41) is 7.80. The van der Waals surface area contributed by atoms with E-state index in [4.69, 9.17) is 4.74 Å². The van der Waals surface area contributed by atoms with Gasteiger partial charge in [0.2, 0.25) is 0 Å². The average Bonchev–Trinajstić information content (AvgIpc) is 3.24. The zero-order chi connectivity index (χ0) is 18.6. The summed E-state index contributed by atoms with van der Waals surface area (Å²) in [5.74, 6) is 2.29. The van der Waals surface area contributed by atoms with Gasteiger partial charge < -0.3 is 10.1 Å². The summed E-state index contributed by atoms with van der Waals surface area (Å²) in [4.78, 5) is 11.5. The number of aryl methyl sites for hydroxylation is 1. The summed E-state index contributed by atoms with van der Waals surface area (Å²) in [6, 6.07) is 11.5. The molecule has 2 aromatic rings. The standard InChI is InChI=1S/C22H29N3O2/c1-25-21(26)11-10-20(24-25)16-6-8-19(9-7-16)27-22(17-4-2-3-5-17)18-12-14-23-15-13-18/h6-11,17-18,22-23H,2-5,12-15H2,1H3. The molecule has 0 spiro atoms. The predicted octanol–water partition coefficient (Wildman–Crippen LogP) is 3.38. The van der Waals surface area contributed by atoms with Gasteiger partial charge in [0.25, 0.3) is 5.56 Å². The van der Waals surface area contributed by atoms with Crippen molar-refractivity contribution in [3.63, 3.8) is 0 Å². The highest BCUT2D eigenvalue weighted by Gasteiger charge is 2.34. The maximum absolute atomic E-state index is 11.5. The van der Waals surface area contributed by atoms with Crippen LogP contribution in [0.15, 0.2) is 41.2 Å². The number of piperidine rings is 1. The van der Waals surface area contributed by atoms with E-state index in [1.54, 1.807) is 19.2 Å². The Hall–Kier alpha value is -2.14. The molecule has 0 amide bonds. The Morgan fingerprint density at radius 2 is 1.67 bits per heavy atom. The number of hydrogen-bond donors (Lipinski definition) is 1. The molecular formula is C22H29N3O2. The maximum atomic E-state index is 11.5. The van der Waals surface area contributed by atoms with Gasteiger partial charge in [-0.25, -0.2) is 4.68 Å². The first kappa shape index (κ1) is 18.2. The zero-order valence-corrected chi connectivity index (χ0v) is 16.1. The molecule has 1 atom stereocenters. The van der Waals surface area contributed by atoms with Crippen LogP contribution in [-0.2, 0) is 7.05 Å². The van der Waals surface area contributed by atoms with Crippen molar-refractivity contribution in [2.24, 2.45) is 18.9 Å². The minimum absolute atomic E-state index is 0.0971. The summed E-state index contributed by atoms with van der Waals surface area (Å²) < 4.78 is 7.94. The molecule has 1 aliphatic heterocycles. The molecule has 5 heteroatoms. The maximum Gasteiger partial charge on any atom is 0.266 e. The molecule has 5 nitrogen and oxygen atoms in total. The Bertz CT molecular complexity index is 803. The van der Waals surface area contributed by atoms with Crippen molar-refractivity contribution < 1.29 is 4.74 Å². The number of benzene rings is 1. The number of aromatic nitrogens is 2. The van der Waals surface area contributed by atoms with Gasteiger partial charge in [-0.2, -0.15) is 5.10 Å². The molecule has 2 aliphatic rings. The van der Waals surface area contributed by atoms with Gasteiger partial charge in [-0.05, 0) is 80.9 Å². The van der Waals surface area contributed by atoms with Gasteiger partial charge in [0.1, 0.15) is 11.9 Å². The van der Waals surface area contributed by atoms with Crippen LogP contribution in [0.2, 0.25) is 0 Å². The Morgan fingerprint density at radius 3 is 2.33 bits per heavy atom. The third-order valence-electron chi connectivity index (χ3n) is 6.10. The lowest BCUT2D eigenvalue weighted by Gasteiger charge is -2.35. The number of ether oxygens (including phenoxy) is 1. The van der Waals surface area contributed by atoms with Gasteiger partial charge in [0, 0.05) is 18.7 Å². The van der Waals surface area contributed by atoms with Crippen LogP contribution in [0.3, 0.4) is 0 Å². The summed E-state index contributed by atoms with van der Waals surface area (Å²) in [6.07, 6.45) is 8.03. The molecule has 1 aliphatic carbocycles. The third kappa shape index (κ3) is 4.24. The number of nitrogens with zero attached hydrogens (tertiary/aromatic N) is 2. The lowest BCUT2D eigenvalue weighted by Crippen LogP contribution is -2.40. The topological polar surface area (TPSA) is 56.1 Å². The second kappa shape index (κ2) is 8.26. The lowest BCUT2D eigenvalue weighted by molar-refractivity contribution is 0.0607. The molecular weight excluding hydrogens is 338 g/mol. The van der Waals surface area contributed by atoms with E-state index >= 15 is 0 Å². The lowest BCUT2D eigenvalue weighted by atomic mass is 9.83. The van der Waals surface area contributed by atoms with Gasteiger partial charge in [-0.1, -0.05) is 12.8 Å². The van der Waals surface area contributed by atoms with E-state index in [9.17, 15) is 4.79 Å². The fraction of sp³-hybridized carbons (Fsp3) is 0.545. The molecule has 1 aromatic carbocycles. The van der Waals surface area contributed by atoms with Crippen LogP contribution in [0, 0.1) is 11.8 Å². The van der Waals surface area contributed by atoms with Gasteiger partial charge in [0.05, 0.1) is 5.69 Å². The van der Waals surface area contributed by atoms with E-state index in [0.29, 0.717) is 17.9 Å². The predicted molar refractivity (Wildman–Crippen MR) is 107 cm³/mol. The van der Waals surface area contributed by atoms with E-state index in [1.807, 2.05) is 24.3 Å². The molecule has 4 rings (SSSR count). The van der Waals surface area contributed by atoms with Crippen LogP contribution < -0.4 is 15.6 Å². The first-order chi connectivity index (χ1) is 13.2. The largest absolute Gasteiger partial charge is 0.490 e. The third-order valence-corrected chi connectivity index (χ3v) is 6.10. The minimum Gasteiger partial charge on any atom is -0.490 e. The monoisotopic (exact) mass is 367 g/mol. The highest BCUT2D eigenvalue weighted by molar-refractivity contribution is 5.59. The summed E-state index contributed by atoms with van der Waals surface area (Å²) >= 11 is 0. The van der Waals surface area contributed by atoms with E-state index in [2.05, 4.69) is 10.4 Å². The van der Waals surface area contributed by atoms with Crippen LogP contribution >= 0.6 is 0 Å². The van der Waals surface area contributed by atoms with Crippen LogP contribution in [0.5, 0.6) is 5.75 Å². The van der Waals surface area contributed by atoms with Gasteiger partial charge >= 0.3 is 0 Å². The van der Waals surface area contributed by atoms with Gasteiger partial charge in [0.15, 0.2) is 0 Å². The molecule has 27 heavy (non-hydrogen) atoms. The first-order valence-electron chi connectivity index (χ1n) is 10.2. The van der Waals surface area contributed by atoms with Gasteiger partial charge in [-0.3, -0.25) is 4.79 Å². The SMILES string of the molecule is Cn1nc(-c2ccc(OC(C3CCCC3)C3CCNCC3)cc2)ccc1=O. The van der Waals surface area contributed by atoms with Crippen molar-refractivity contribution in [3.8, 4) is 17.0 Å². The molecule has 1 N–H and O–H groups in total. The first-order valence-corrected chi connectivity index (χ1v) is 10.2. The Labute approximate surface area is 160 Å². The molecule has 0 radical (unpaired) electrons. The van der Waals surface area contributed by atoms with Crippen LogP contribution in [0.1, 0.15) is 38.5 Å². The molecule has 1 saturated carbocycles. The van der Waals surface area contributed by atoms with Crippen LogP contribution in [0.4, 0.5) is 0 Å². The van der Waals surface area contributed by atoms with Crippen molar-refractivity contribution >= 4 is 0 Å². The second-order valence-electron chi connectivity index (χ2n) is 7.92. The fourth-order valence-electron chi connectivity index (χ4n) is 4.55. The molecule has 0 bridgehead atoms. The second-order valence-corrected chi connectivity index (χ2v) is 7.92. The van der Waals surface area contributed by atoms with Crippen molar-refractivity contribution in [2.75, 3.05) is 13.1 Å². The number of hydrogen-bond acceptors (Lipinski definition) is 4. The Morgan fingerprint density at radius 1 is 1.00 bits per heavy atom. The number of nitrogens with one attached hydrogen (secondary N) is 1. The van der Waals surface area contributed by atoms with E-state index in [0.717, 1.165) is 30.1 Å². The molecule has 2 fully saturated rings. The quantitative estimate of drug-likeness (QED) is 0.880. The van der Waals surface area contributed by atoms with E-state index in [1.165, 1.54) is 43.2 Å². The van der Waals surface area contributed by atoms with Crippen LogP contribution in [0.25, 0.3) is 11.3 Å². The fourth-order valence-corrected chi connectivity index (χ4v) is 4.55. The van der Waals surface area contributed by atoms with Gasteiger partial charge in [-0.15, -0.1) is 0 Å². The van der Waals surface area contributed by atoms with Crippen molar-refractivity contribution in [1.29, 1.82) is 0 Å². The smallest absolute Gasteiger partial charge is 0.266 e. The minimum atomic E-state index is -0.0971.